The van der Waals surface area contributed by atoms with Crippen molar-refractivity contribution in [2.75, 3.05) is 0 Å². The lowest BCUT2D eigenvalue weighted by atomic mass is 9.82. The molecule has 0 aliphatic carbocycles. The molecule has 0 spiro atoms. The van der Waals surface area contributed by atoms with Gasteiger partial charge in [-0.25, -0.2) is 9.18 Å². The van der Waals surface area contributed by atoms with Gasteiger partial charge in [-0.2, -0.15) is 0 Å². The quantitative estimate of drug-likeness (QED) is 0.828. The zero-order valence-electron chi connectivity index (χ0n) is 12.2. The largest absolute Gasteiger partial charge is 0.461 e. The van der Waals surface area contributed by atoms with E-state index >= 15 is 0 Å². The van der Waals surface area contributed by atoms with Gasteiger partial charge in [0.15, 0.2) is 0 Å². The highest BCUT2D eigenvalue weighted by Gasteiger charge is 2.43. The second-order valence-corrected chi connectivity index (χ2v) is 6.74. The predicted octanol–water partition coefficient (Wildman–Crippen LogP) is 3.69. The minimum Gasteiger partial charge on any atom is -0.461 e. The summed E-state index contributed by atoms with van der Waals surface area (Å²) in [4.78, 5) is 12.3. The number of carbonyl (C=O) groups is 1. The Morgan fingerprint density at radius 1 is 1.35 bits per heavy atom. The molecule has 112 valence electrons. The van der Waals surface area contributed by atoms with Gasteiger partial charge in [-0.05, 0) is 45.4 Å². The zero-order valence-corrected chi connectivity index (χ0v) is 13.8. The molecule has 0 aliphatic heterocycles. The van der Waals surface area contributed by atoms with E-state index < -0.39 is 17.2 Å². The third-order valence-electron chi connectivity index (χ3n) is 2.77. The van der Waals surface area contributed by atoms with Gasteiger partial charge in [0.25, 0.3) is 0 Å². The fourth-order valence-electron chi connectivity index (χ4n) is 2.02. The molecule has 0 aliphatic rings. The van der Waals surface area contributed by atoms with E-state index in [1.807, 2.05) is 0 Å². The lowest BCUT2D eigenvalue weighted by Gasteiger charge is -2.32. The summed E-state index contributed by atoms with van der Waals surface area (Å²) in [6, 6.07) is 6.95. The van der Waals surface area contributed by atoms with Gasteiger partial charge in [0, 0.05) is 10.9 Å². The van der Waals surface area contributed by atoms with Crippen LogP contribution in [0.15, 0.2) is 28.7 Å². The van der Waals surface area contributed by atoms with E-state index in [0.29, 0.717) is 5.56 Å². The van der Waals surface area contributed by atoms with E-state index in [0.717, 1.165) is 4.47 Å². The number of rotatable bonds is 5. The van der Waals surface area contributed by atoms with Crippen LogP contribution in [0.3, 0.4) is 0 Å². The molecular weight excluding hydrogens is 325 g/mol. The van der Waals surface area contributed by atoms with Crippen molar-refractivity contribution in [3.05, 3.63) is 34.3 Å². The van der Waals surface area contributed by atoms with Crippen LogP contribution in [0, 0.1) is 0 Å². The van der Waals surface area contributed by atoms with Crippen molar-refractivity contribution in [3.8, 4) is 0 Å². The first-order chi connectivity index (χ1) is 9.04. The molecule has 0 saturated carbocycles. The molecule has 3 nitrogen and oxygen atoms in total. The van der Waals surface area contributed by atoms with Crippen molar-refractivity contribution in [1.29, 1.82) is 0 Å². The zero-order chi connectivity index (χ0) is 15.6. The maximum atomic E-state index is 14.0. The van der Waals surface area contributed by atoms with Crippen molar-refractivity contribution >= 4 is 21.9 Å². The van der Waals surface area contributed by atoms with Gasteiger partial charge in [-0.1, -0.05) is 28.1 Å². The third kappa shape index (κ3) is 4.56. The number of esters is 1. The summed E-state index contributed by atoms with van der Waals surface area (Å²) in [7, 11) is 0. The Labute approximate surface area is 127 Å². The molecule has 0 radical (unpaired) electrons. The Kier molecular flexibility index (Phi) is 5.33. The molecule has 20 heavy (non-hydrogen) atoms. The van der Waals surface area contributed by atoms with Gasteiger partial charge < -0.3 is 10.5 Å². The molecule has 0 amide bonds. The fourth-order valence-corrected chi connectivity index (χ4v) is 2.29. The van der Waals surface area contributed by atoms with E-state index in [9.17, 15) is 9.18 Å². The third-order valence-corrected chi connectivity index (χ3v) is 3.29. The van der Waals surface area contributed by atoms with E-state index in [2.05, 4.69) is 15.9 Å². The molecule has 0 fully saturated rings. The summed E-state index contributed by atoms with van der Waals surface area (Å²) in [5.74, 6) is -0.611. The van der Waals surface area contributed by atoms with Crippen LogP contribution in [0.25, 0.3) is 0 Å². The molecule has 1 atom stereocenters. The summed E-state index contributed by atoms with van der Waals surface area (Å²) in [5.41, 5.74) is 3.67. The number of nitrogens with two attached hydrogens (primary N) is 1. The standard InChI is InChI=1S/C15H21BrFNO2/c1-10(2)20-13(19)15(18,9-14(3,4)17)11-5-7-12(16)8-6-11/h5-8,10H,9,18H2,1-4H3/t15-/m1/s1. The minimum absolute atomic E-state index is 0.146. The molecule has 5 heteroatoms. The number of halogens is 2. The first-order valence-corrected chi connectivity index (χ1v) is 7.29. The summed E-state index contributed by atoms with van der Waals surface area (Å²) < 4.78 is 20.1. The number of benzene rings is 1. The molecule has 1 aromatic carbocycles. The van der Waals surface area contributed by atoms with E-state index in [-0.39, 0.29) is 12.5 Å². The van der Waals surface area contributed by atoms with Gasteiger partial charge in [0.05, 0.1) is 6.10 Å². The number of hydrogen-bond acceptors (Lipinski definition) is 3. The Hall–Kier alpha value is -0.940. The summed E-state index contributed by atoms with van der Waals surface area (Å²) in [6.07, 6.45) is -0.448. The van der Waals surface area contributed by atoms with E-state index in [4.69, 9.17) is 10.5 Å². The first-order valence-electron chi connectivity index (χ1n) is 6.49. The highest BCUT2D eigenvalue weighted by atomic mass is 79.9. The molecular formula is C15H21BrFNO2. The average molecular weight is 346 g/mol. The van der Waals surface area contributed by atoms with Crippen molar-refractivity contribution in [2.45, 2.75) is 51.4 Å². The van der Waals surface area contributed by atoms with Gasteiger partial charge in [-0.3, -0.25) is 0 Å². The molecule has 1 aromatic rings. The second kappa shape index (κ2) is 6.22. The first kappa shape index (κ1) is 17.1. The van der Waals surface area contributed by atoms with Crippen molar-refractivity contribution in [3.63, 3.8) is 0 Å². The van der Waals surface area contributed by atoms with Crippen LogP contribution in [0.5, 0.6) is 0 Å². The second-order valence-electron chi connectivity index (χ2n) is 5.83. The molecule has 1 rings (SSSR count). The van der Waals surface area contributed by atoms with Crippen molar-refractivity contribution in [2.24, 2.45) is 5.73 Å². The molecule has 0 aromatic heterocycles. The SMILES string of the molecule is CC(C)OC(=O)[C@@](N)(CC(C)(C)F)c1ccc(Br)cc1. The van der Waals surface area contributed by atoms with Gasteiger partial charge in [0.2, 0.25) is 0 Å². The van der Waals surface area contributed by atoms with Crippen LogP contribution in [0.2, 0.25) is 0 Å². The lowest BCUT2D eigenvalue weighted by Crippen LogP contribution is -2.50. The maximum Gasteiger partial charge on any atom is 0.331 e. The molecule has 0 bridgehead atoms. The van der Waals surface area contributed by atoms with E-state index in [1.165, 1.54) is 13.8 Å². The number of alkyl halides is 1. The van der Waals surface area contributed by atoms with Gasteiger partial charge in [-0.15, -0.1) is 0 Å². The number of hydrogen-bond donors (Lipinski definition) is 1. The van der Waals surface area contributed by atoms with Crippen LogP contribution >= 0.6 is 15.9 Å². The van der Waals surface area contributed by atoms with Gasteiger partial charge in [0.1, 0.15) is 11.2 Å². The Morgan fingerprint density at radius 2 is 1.85 bits per heavy atom. The molecule has 0 heterocycles. The predicted molar refractivity (Wildman–Crippen MR) is 81.0 cm³/mol. The van der Waals surface area contributed by atoms with Crippen molar-refractivity contribution in [1.82, 2.24) is 0 Å². The summed E-state index contributed by atoms with van der Waals surface area (Å²) in [5, 5.41) is 0. The Bertz CT molecular complexity index is 468. The Morgan fingerprint density at radius 3 is 2.25 bits per heavy atom. The van der Waals surface area contributed by atoms with E-state index in [1.54, 1.807) is 38.1 Å². The smallest absolute Gasteiger partial charge is 0.331 e. The summed E-state index contributed by atoms with van der Waals surface area (Å²) >= 11 is 3.32. The molecule has 0 saturated heterocycles. The van der Waals surface area contributed by atoms with Gasteiger partial charge >= 0.3 is 5.97 Å². The lowest BCUT2D eigenvalue weighted by molar-refractivity contribution is -0.156. The number of ether oxygens (including phenoxy) is 1. The number of carbonyl (C=O) groups excluding carboxylic acids is 1. The average Bonchev–Trinajstić information content (AvgIpc) is 2.26. The fraction of sp³-hybridized carbons (Fsp3) is 0.533. The van der Waals surface area contributed by atoms with Crippen LogP contribution < -0.4 is 5.73 Å². The maximum absolute atomic E-state index is 14.0. The van der Waals surface area contributed by atoms with Crippen LogP contribution in [0.1, 0.15) is 39.7 Å². The van der Waals surface area contributed by atoms with Crippen LogP contribution in [-0.2, 0) is 15.1 Å². The van der Waals surface area contributed by atoms with Crippen LogP contribution in [0.4, 0.5) is 4.39 Å². The Balaban J connectivity index is 3.19. The topological polar surface area (TPSA) is 52.3 Å². The van der Waals surface area contributed by atoms with Crippen molar-refractivity contribution < 1.29 is 13.9 Å². The van der Waals surface area contributed by atoms with Crippen LogP contribution in [-0.4, -0.2) is 17.7 Å². The summed E-state index contributed by atoms with van der Waals surface area (Å²) in [6.45, 7) is 6.27. The monoisotopic (exact) mass is 345 g/mol. The highest BCUT2D eigenvalue weighted by Crippen LogP contribution is 2.32. The highest BCUT2D eigenvalue weighted by molar-refractivity contribution is 9.10. The molecule has 0 unspecified atom stereocenters. The molecule has 2 N–H and O–H groups in total. The normalized spacial score (nSPS) is 15.0. The minimum atomic E-state index is -1.59.